The van der Waals surface area contributed by atoms with Gasteiger partial charge in [-0.2, -0.15) is 0 Å². The fourth-order valence-electron chi connectivity index (χ4n) is 4.47. The second kappa shape index (κ2) is 8.37. The van der Waals surface area contributed by atoms with Crippen molar-refractivity contribution in [2.45, 2.75) is 19.0 Å². The lowest BCUT2D eigenvalue weighted by Gasteiger charge is -2.35. The van der Waals surface area contributed by atoms with Crippen molar-refractivity contribution in [2.24, 2.45) is 0 Å². The number of carbonyl (C=O) groups is 3. The van der Waals surface area contributed by atoms with Crippen LogP contribution in [0.2, 0.25) is 0 Å². The number of imide groups is 1. The highest BCUT2D eigenvalue weighted by Gasteiger charge is 2.52. The zero-order chi connectivity index (χ0) is 23.0. The molecule has 1 unspecified atom stereocenters. The first kappa shape index (κ1) is 21.2. The highest BCUT2D eigenvalue weighted by Crippen LogP contribution is 2.33. The summed E-state index contributed by atoms with van der Waals surface area (Å²) in [6.45, 7) is 4.80. The number of hydrogen-bond acceptors (Lipinski definition) is 5. The van der Waals surface area contributed by atoms with Crippen LogP contribution in [0.5, 0.6) is 0 Å². The lowest BCUT2D eigenvalue weighted by molar-refractivity contribution is -0.140. The Balaban J connectivity index is 1.22. The largest absolute Gasteiger partial charge is 0.458 e. The Hall–Kier alpha value is -3.65. The van der Waals surface area contributed by atoms with Crippen molar-refractivity contribution in [1.82, 2.24) is 20.0 Å². The van der Waals surface area contributed by atoms with Gasteiger partial charge in [-0.1, -0.05) is 48.5 Å². The lowest BCUT2D eigenvalue weighted by Crippen LogP contribution is -2.51. The van der Waals surface area contributed by atoms with E-state index in [4.69, 9.17) is 4.42 Å². The third kappa shape index (κ3) is 3.98. The molecule has 4 amide bonds. The summed E-state index contributed by atoms with van der Waals surface area (Å²) in [5.74, 6) is -0.360. The zero-order valence-corrected chi connectivity index (χ0v) is 18.5. The van der Waals surface area contributed by atoms with Crippen molar-refractivity contribution in [1.29, 1.82) is 0 Å². The maximum atomic E-state index is 13.2. The summed E-state index contributed by atoms with van der Waals surface area (Å²) in [5, 5.41) is 3.56. The van der Waals surface area contributed by atoms with Gasteiger partial charge in [0, 0.05) is 38.1 Å². The first-order valence-electron chi connectivity index (χ1n) is 11.1. The molecule has 8 heteroatoms. The van der Waals surface area contributed by atoms with E-state index >= 15 is 0 Å². The van der Waals surface area contributed by atoms with Gasteiger partial charge >= 0.3 is 6.03 Å². The van der Waals surface area contributed by atoms with E-state index in [1.165, 1.54) is 5.56 Å². The Bertz CT molecular complexity index is 1170. The molecule has 1 aromatic heterocycles. The number of fused-ring (bicyclic) bond motifs is 1. The second-order valence-electron chi connectivity index (χ2n) is 8.74. The summed E-state index contributed by atoms with van der Waals surface area (Å²) in [5.41, 5.74) is 0.533. The fourth-order valence-corrected chi connectivity index (χ4v) is 4.47. The van der Waals surface area contributed by atoms with Gasteiger partial charge in [-0.05, 0) is 24.6 Å². The molecule has 2 fully saturated rings. The first-order chi connectivity index (χ1) is 15.9. The van der Waals surface area contributed by atoms with Crippen molar-refractivity contribution in [3.05, 3.63) is 72.0 Å². The van der Waals surface area contributed by atoms with Crippen LogP contribution in [-0.4, -0.2) is 65.3 Å². The number of piperazine rings is 1. The van der Waals surface area contributed by atoms with Crippen molar-refractivity contribution < 1.29 is 18.8 Å². The van der Waals surface area contributed by atoms with E-state index in [2.05, 4.69) is 22.3 Å². The molecule has 8 nitrogen and oxygen atoms in total. The van der Waals surface area contributed by atoms with Crippen LogP contribution in [0, 0.1) is 0 Å². The molecular weight excluding hydrogens is 420 g/mol. The maximum Gasteiger partial charge on any atom is 0.325 e. The van der Waals surface area contributed by atoms with Gasteiger partial charge in [-0.15, -0.1) is 0 Å². The number of benzene rings is 2. The molecule has 3 aromatic rings. The quantitative estimate of drug-likeness (QED) is 0.609. The van der Waals surface area contributed by atoms with Crippen LogP contribution in [0.15, 0.2) is 65.1 Å². The Morgan fingerprint density at radius 2 is 1.70 bits per heavy atom. The molecule has 0 bridgehead atoms. The first-order valence-corrected chi connectivity index (χ1v) is 11.1. The highest BCUT2D eigenvalue weighted by molar-refractivity contribution is 6.09. The van der Waals surface area contributed by atoms with Gasteiger partial charge in [0.15, 0.2) is 5.54 Å². The molecular formula is C25H26N4O4. The standard InChI is InChI=1S/C25H26N4O4/c1-25(21-15-19-9-5-6-10-20(19)33-21)23(31)29(24(32)26-25)17-22(30)28-13-11-27(12-14-28)16-18-7-3-2-4-8-18/h2-10,15H,11-14,16-17H2,1H3,(H,26,32). The molecule has 0 radical (unpaired) electrons. The lowest BCUT2D eigenvalue weighted by atomic mass is 9.99. The van der Waals surface area contributed by atoms with Crippen molar-refractivity contribution in [3.8, 4) is 0 Å². The molecule has 0 saturated carbocycles. The molecule has 2 aromatic carbocycles. The average molecular weight is 447 g/mol. The summed E-state index contributed by atoms with van der Waals surface area (Å²) in [4.78, 5) is 43.7. The number of nitrogens with one attached hydrogen (secondary N) is 1. The van der Waals surface area contributed by atoms with Gasteiger partial charge in [0.2, 0.25) is 5.91 Å². The van der Waals surface area contributed by atoms with Gasteiger partial charge in [-0.25, -0.2) is 4.79 Å². The summed E-state index contributed by atoms with van der Waals surface area (Å²) in [6.07, 6.45) is 0. The molecule has 2 aliphatic rings. The normalized spacial score (nSPS) is 21.6. The fraction of sp³-hybridized carbons (Fsp3) is 0.320. The summed E-state index contributed by atoms with van der Waals surface area (Å²) < 4.78 is 5.84. The molecule has 3 heterocycles. The number of amides is 4. The van der Waals surface area contributed by atoms with Gasteiger partial charge in [0.25, 0.3) is 5.91 Å². The minimum atomic E-state index is -1.34. The van der Waals surface area contributed by atoms with E-state index in [1.807, 2.05) is 42.5 Å². The third-order valence-electron chi connectivity index (χ3n) is 6.46. The van der Waals surface area contributed by atoms with Crippen LogP contribution >= 0.6 is 0 Å². The molecule has 1 N–H and O–H groups in total. The van der Waals surface area contributed by atoms with Crippen molar-refractivity contribution in [3.63, 3.8) is 0 Å². The zero-order valence-electron chi connectivity index (χ0n) is 18.5. The number of nitrogens with zero attached hydrogens (tertiary/aromatic N) is 3. The molecule has 2 aliphatic heterocycles. The van der Waals surface area contributed by atoms with Crippen LogP contribution < -0.4 is 5.32 Å². The topological polar surface area (TPSA) is 86.1 Å². The Kier molecular flexibility index (Phi) is 5.38. The number of para-hydroxylation sites is 1. The summed E-state index contributed by atoms with van der Waals surface area (Å²) >= 11 is 0. The minimum Gasteiger partial charge on any atom is -0.458 e. The van der Waals surface area contributed by atoms with Crippen LogP contribution in [0.25, 0.3) is 11.0 Å². The molecule has 1 atom stereocenters. The SMILES string of the molecule is CC1(c2cc3ccccc3o2)NC(=O)N(CC(=O)N2CCN(Cc3ccccc3)CC2)C1=O. The Labute approximate surface area is 191 Å². The third-order valence-corrected chi connectivity index (χ3v) is 6.46. The van der Waals surface area contributed by atoms with Crippen LogP contribution in [0.4, 0.5) is 4.79 Å². The molecule has 5 rings (SSSR count). The van der Waals surface area contributed by atoms with E-state index in [0.29, 0.717) is 24.4 Å². The molecule has 170 valence electrons. The van der Waals surface area contributed by atoms with E-state index in [9.17, 15) is 14.4 Å². The van der Waals surface area contributed by atoms with Gasteiger partial charge in [0.05, 0.1) is 0 Å². The van der Waals surface area contributed by atoms with Crippen molar-refractivity contribution in [2.75, 3.05) is 32.7 Å². The molecule has 0 spiro atoms. The van der Waals surface area contributed by atoms with E-state index in [1.54, 1.807) is 17.9 Å². The Morgan fingerprint density at radius 3 is 2.42 bits per heavy atom. The smallest absolute Gasteiger partial charge is 0.325 e. The maximum absolute atomic E-state index is 13.2. The highest BCUT2D eigenvalue weighted by atomic mass is 16.3. The van der Waals surface area contributed by atoms with E-state index in [-0.39, 0.29) is 12.5 Å². The van der Waals surface area contributed by atoms with Gasteiger partial charge in [-0.3, -0.25) is 19.4 Å². The van der Waals surface area contributed by atoms with Crippen LogP contribution in [0.1, 0.15) is 18.2 Å². The number of rotatable bonds is 5. The Morgan fingerprint density at radius 1 is 1.00 bits per heavy atom. The number of hydrogen-bond donors (Lipinski definition) is 1. The minimum absolute atomic E-state index is 0.230. The number of urea groups is 1. The number of furan rings is 1. The van der Waals surface area contributed by atoms with Gasteiger partial charge in [0.1, 0.15) is 17.9 Å². The molecule has 33 heavy (non-hydrogen) atoms. The number of carbonyl (C=O) groups excluding carboxylic acids is 3. The monoisotopic (exact) mass is 446 g/mol. The summed E-state index contributed by atoms with van der Waals surface area (Å²) in [7, 11) is 0. The van der Waals surface area contributed by atoms with E-state index in [0.717, 1.165) is 29.9 Å². The van der Waals surface area contributed by atoms with Crippen molar-refractivity contribution >= 4 is 28.8 Å². The van der Waals surface area contributed by atoms with Crippen LogP contribution in [0.3, 0.4) is 0 Å². The average Bonchev–Trinajstić information content (AvgIpc) is 3.36. The molecule has 2 saturated heterocycles. The second-order valence-corrected chi connectivity index (χ2v) is 8.74. The summed E-state index contributed by atoms with van der Waals surface area (Å²) in [6, 6.07) is 18.8. The predicted octanol–water partition coefficient (Wildman–Crippen LogP) is 2.54. The van der Waals surface area contributed by atoms with Crippen LogP contribution in [-0.2, 0) is 21.7 Å². The van der Waals surface area contributed by atoms with E-state index < -0.39 is 17.5 Å². The van der Waals surface area contributed by atoms with Gasteiger partial charge < -0.3 is 14.6 Å². The predicted molar refractivity (Wildman–Crippen MR) is 122 cm³/mol. The molecule has 0 aliphatic carbocycles.